The topological polar surface area (TPSA) is 41.7 Å². The zero-order valence-electron chi connectivity index (χ0n) is 20.6. The molecule has 0 amide bonds. The van der Waals surface area contributed by atoms with Crippen LogP contribution >= 0.6 is 0 Å². The molecule has 0 spiro atoms. The third kappa shape index (κ3) is 4.95. The highest BCUT2D eigenvalue weighted by molar-refractivity contribution is 5.69. The van der Waals surface area contributed by atoms with Gasteiger partial charge in [-0.15, -0.1) is 0 Å². The minimum atomic E-state index is 0.263. The lowest BCUT2D eigenvalue weighted by atomic mass is 10.0. The summed E-state index contributed by atoms with van der Waals surface area (Å²) >= 11 is 0. The minimum Gasteiger partial charge on any atom is -0.490 e. The lowest BCUT2D eigenvalue weighted by Crippen LogP contribution is -2.37. The number of benzene rings is 4. The second-order valence-electron chi connectivity index (χ2n) is 9.99. The van der Waals surface area contributed by atoms with Gasteiger partial charge in [-0.2, -0.15) is 0 Å². The van der Waals surface area contributed by atoms with Gasteiger partial charge in [0.05, 0.1) is 0 Å². The van der Waals surface area contributed by atoms with E-state index in [0.29, 0.717) is 0 Å². The number of ether oxygens (including phenoxy) is 1. The fourth-order valence-corrected chi connectivity index (χ4v) is 5.53. The SMILES string of the molecule is Nc1cccc(CN2CCC(Oc3ccc(N4Cc5ccccc5Cc5ccccc54)cc3)CC2)c1. The first-order valence-corrected chi connectivity index (χ1v) is 13.0. The van der Waals surface area contributed by atoms with E-state index in [-0.39, 0.29) is 6.10 Å². The van der Waals surface area contributed by atoms with Gasteiger partial charge in [-0.05, 0) is 84.0 Å². The zero-order chi connectivity index (χ0) is 24.3. The van der Waals surface area contributed by atoms with Crippen LogP contribution in [0.3, 0.4) is 0 Å². The van der Waals surface area contributed by atoms with Crippen molar-refractivity contribution in [3.63, 3.8) is 0 Å². The van der Waals surface area contributed by atoms with Crippen molar-refractivity contribution in [1.29, 1.82) is 0 Å². The molecule has 2 heterocycles. The molecule has 4 aromatic rings. The molecule has 1 saturated heterocycles. The number of nitrogens with two attached hydrogens (primary N) is 1. The summed E-state index contributed by atoms with van der Waals surface area (Å²) in [5.74, 6) is 0.955. The molecule has 0 aliphatic carbocycles. The van der Waals surface area contributed by atoms with Crippen LogP contribution in [0.15, 0.2) is 97.1 Å². The number of piperidine rings is 1. The Morgan fingerprint density at radius 2 is 1.47 bits per heavy atom. The van der Waals surface area contributed by atoms with Gasteiger partial charge in [-0.25, -0.2) is 0 Å². The van der Waals surface area contributed by atoms with Gasteiger partial charge in [0.25, 0.3) is 0 Å². The van der Waals surface area contributed by atoms with Crippen molar-refractivity contribution in [2.75, 3.05) is 23.7 Å². The number of nitrogens with zero attached hydrogens (tertiary/aromatic N) is 2. The van der Waals surface area contributed by atoms with E-state index in [9.17, 15) is 0 Å². The molecule has 36 heavy (non-hydrogen) atoms. The van der Waals surface area contributed by atoms with Crippen molar-refractivity contribution in [2.45, 2.75) is 38.5 Å². The van der Waals surface area contributed by atoms with Crippen molar-refractivity contribution < 1.29 is 4.74 Å². The maximum atomic E-state index is 6.40. The summed E-state index contributed by atoms with van der Waals surface area (Å²) < 4.78 is 6.40. The Hall–Kier alpha value is -3.76. The van der Waals surface area contributed by atoms with Crippen LogP contribution in [0.2, 0.25) is 0 Å². The van der Waals surface area contributed by atoms with Crippen LogP contribution in [-0.4, -0.2) is 24.1 Å². The molecule has 182 valence electrons. The van der Waals surface area contributed by atoms with Gasteiger partial charge in [0.2, 0.25) is 0 Å². The van der Waals surface area contributed by atoms with Gasteiger partial charge in [0, 0.05) is 43.2 Å². The number of anilines is 3. The van der Waals surface area contributed by atoms with E-state index in [1.165, 1.54) is 33.6 Å². The summed E-state index contributed by atoms with van der Waals surface area (Å²) in [6, 6.07) is 34.4. The summed E-state index contributed by atoms with van der Waals surface area (Å²) in [7, 11) is 0. The Bertz CT molecular complexity index is 1330. The number of nitrogen functional groups attached to an aromatic ring is 1. The van der Waals surface area contributed by atoms with E-state index >= 15 is 0 Å². The van der Waals surface area contributed by atoms with Crippen LogP contribution in [0.5, 0.6) is 5.75 Å². The molecule has 4 aromatic carbocycles. The maximum Gasteiger partial charge on any atom is 0.119 e. The molecule has 1 fully saturated rings. The smallest absolute Gasteiger partial charge is 0.119 e. The van der Waals surface area contributed by atoms with Gasteiger partial charge in [0.15, 0.2) is 0 Å². The lowest BCUT2D eigenvalue weighted by Gasteiger charge is -2.32. The number of fused-ring (bicyclic) bond motifs is 2. The van der Waals surface area contributed by atoms with Gasteiger partial charge in [-0.1, -0.05) is 54.6 Å². The standard InChI is InChI=1S/C32H33N3O/c33-28-10-5-6-24(20-28)22-34-18-16-31(17-19-34)36-30-14-12-29(13-15-30)35-23-27-9-2-1-7-25(27)21-26-8-3-4-11-32(26)35/h1-15,20,31H,16-19,21-23,33H2. The molecule has 0 unspecified atom stereocenters. The molecule has 0 radical (unpaired) electrons. The quantitative estimate of drug-likeness (QED) is 0.332. The Kier molecular flexibility index (Phi) is 6.35. The molecule has 6 rings (SSSR count). The van der Waals surface area contributed by atoms with Crippen molar-refractivity contribution in [3.05, 3.63) is 119 Å². The molecule has 0 bridgehead atoms. The summed E-state index contributed by atoms with van der Waals surface area (Å²) in [6.45, 7) is 3.91. The van der Waals surface area contributed by atoms with E-state index in [1.807, 2.05) is 12.1 Å². The molecule has 4 heteroatoms. The van der Waals surface area contributed by atoms with E-state index in [1.54, 1.807) is 0 Å². The molecular weight excluding hydrogens is 442 g/mol. The van der Waals surface area contributed by atoms with Crippen LogP contribution in [0, 0.1) is 0 Å². The average molecular weight is 476 g/mol. The molecule has 0 aromatic heterocycles. The Labute approximate surface area is 213 Å². The first-order valence-electron chi connectivity index (χ1n) is 13.0. The zero-order valence-corrected chi connectivity index (χ0v) is 20.6. The summed E-state index contributed by atoms with van der Waals surface area (Å²) in [5.41, 5.74) is 14.7. The highest BCUT2D eigenvalue weighted by Gasteiger charge is 2.22. The molecule has 2 N–H and O–H groups in total. The Morgan fingerprint density at radius 1 is 0.750 bits per heavy atom. The second kappa shape index (κ2) is 10.1. The Balaban J connectivity index is 1.11. The highest BCUT2D eigenvalue weighted by atomic mass is 16.5. The van der Waals surface area contributed by atoms with Crippen molar-refractivity contribution in [1.82, 2.24) is 4.90 Å². The summed E-state index contributed by atoms with van der Waals surface area (Å²) in [6.07, 6.45) is 3.32. The summed E-state index contributed by atoms with van der Waals surface area (Å²) in [4.78, 5) is 4.92. The molecule has 2 aliphatic heterocycles. The van der Waals surface area contributed by atoms with Gasteiger partial charge < -0.3 is 15.4 Å². The third-order valence-corrected chi connectivity index (χ3v) is 7.45. The highest BCUT2D eigenvalue weighted by Crippen LogP contribution is 2.36. The molecular formula is C32H33N3O. The molecule has 0 atom stereocenters. The van der Waals surface area contributed by atoms with E-state index in [2.05, 4.69) is 94.7 Å². The predicted octanol–water partition coefficient (Wildman–Crippen LogP) is 6.55. The second-order valence-corrected chi connectivity index (χ2v) is 9.99. The van der Waals surface area contributed by atoms with Crippen LogP contribution in [0.1, 0.15) is 35.1 Å². The monoisotopic (exact) mass is 475 g/mol. The maximum absolute atomic E-state index is 6.40. The van der Waals surface area contributed by atoms with Crippen LogP contribution in [0.25, 0.3) is 0 Å². The van der Waals surface area contributed by atoms with Crippen LogP contribution in [0.4, 0.5) is 17.1 Å². The number of hydrogen-bond acceptors (Lipinski definition) is 4. The van der Waals surface area contributed by atoms with Gasteiger partial charge in [0.1, 0.15) is 11.9 Å². The first kappa shape index (κ1) is 22.7. The van der Waals surface area contributed by atoms with Crippen LogP contribution in [-0.2, 0) is 19.5 Å². The van der Waals surface area contributed by atoms with E-state index in [0.717, 1.165) is 56.9 Å². The number of rotatable bonds is 5. The number of hydrogen-bond donors (Lipinski definition) is 1. The number of para-hydroxylation sites is 1. The molecule has 2 aliphatic rings. The fourth-order valence-electron chi connectivity index (χ4n) is 5.53. The fraction of sp³-hybridized carbons (Fsp3) is 0.250. The molecule has 4 nitrogen and oxygen atoms in total. The number of likely N-dealkylation sites (tertiary alicyclic amines) is 1. The minimum absolute atomic E-state index is 0.263. The molecule has 0 saturated carbocycles. The average Bonchev–Trinajstić information content (AvgIpc) is 3.07. The normalized spacial score (nSPS) is 16.2. The van der Waals surface area contributed by atoms with Crippen molar-refractivity contribution >= 4 is 17.1 Å². The predicted molar refractivity (Wildman–Crippen MR) is 148 cm³/mol. The van der Waals surface area contributed by atoms with Crippen molar-refractivity contribution in [3.8, 4) is 5.75 Å². The van der Waals surface area contributed by atoms with E-state index < -0.39 is 0 Å². The lowest BCUT2D eigenvalue weighted by molar-refractivity contribution is 0.0968. The van der Waals surface area contributed by atoms with E-state index in [4.69, 9.17) is 10.5 Å². The third-order valence-electron chi connectivity index (χ3n) is 7.45. The first-order chi connectivity index (χ1) is 17.7. The van der Waals surface area contributed by atoms with Crippen LogP contribution < -0.4 is 15.4 Å². The van der Waals surface area contributed by atoms with Gasteiger partial charge >= 0.3 is 0 Å². The summed E-state index contributed by atoms with van der Waals surface area (Å²) in [5, 5.41) is 0. The Morgan fingerprint density at radius 3 is 2.25 bits per heavy atom. The van der Waals surface area contributed by atoms with Crippen molar-refractivity contribution in [2.24, 2.45) is 0 Å². The van der Waals surface area contributed by atoms with Gasteiger partial charge in [-0.3, -0.25) is 4.90 Å². The largest absolute Gasteiger partial charge is 0.490 e.